The SMILES string of the molecule is Cc1ccc([N-]S(=O)(=O)c2ccccc2C[NH3+])c(F)c1. The van der Waals surface area contributed by atoms with Crippen LogP contribution in [0.1, 0.15) is 11.1 Å². The third-order valence-corrected chi connectivity index (χ3v) is 4.23. The fourth-order valence-corrected chi connectivity index (χ4v) is 3.08. The average Bonchev–Trinajstić information content (AvgIpc) is 2.42. The minimum Gasteiger partial charge on any atom is -0.570 e. The van der Waals surface area contributed by atoms with Gasteiger partial charge in [0.15, 0.2) is 0 Å². The molecule has 0 aliphatic heterocycles. The molecular weight excluding hydrogens is 279 g/mol. The van der Waals surface area contributed by atoms with Crippen molar-refractivity contribution < 1.29 is 18.5 Å². The van der Waals surface area contributed by atoms with Crippen molar-refractivity contribution in [2.75, 3.05) is 0 Å². The van der Waals surface area contributed by atoms with Crippen molar-refractivity contribution in [3.63, 3.8) is 0 Å². The number of quaternary nitrogens is 1. The summed E-state index contributed by atoms with van der Waals surface area (Å²) in [6, 6.07) is 10.7. The van der Waals surface area contributed by atoms with Crippen LogP contribution in [-0.2, 0) is 16.6 Å². The van der Waals surface area contributed by atoms with E-state index < -0.39 is 15.8 Å². The van der Waals surface area contributed by atoms with Gasteiger partial charge >= 0.3 is 0 Å². The van der Waals surface area contributed by atoms with E-state index in [1.165, 1.54) is 18.2 Å². The molecule has 0 radical (unpaired) electrons. The number of halogens is 1. The van der Waals surface area contributed by atoms with Crippen LogP contribution >= 0.6 is 0 Å². The molecule has 0 unspecified atom stereocenters. The minimum absolute atomic E-state index is 0.0648. The molecule has 3 N–H and O–H groups in total. The molecule has 0 aromatic heterocycles. The summed E-state index contributed by atoms with van der Waals surface area (Å²) in [5, 5.41) is 0. The molecule has 0 bridgehead atoms. The lowest BCUT2D eigenvalue weighted by Crippen LogP contribution is -2.47. The Morgan fingerprint density at radius 2 is 1.90 bits per heavy atom. The molecule has 106 valence electrons. The van der Waals surface area contributed by atoms with Crippen molar-refractivity contribution in [3.8, 4) is 0 Å². The maximum atomic E-state index is 13.7. The number of nitrogens with zero attached hydrogens (tertiary/aromatic N) is 1. The molecule has 0 fully saturated rings. The highest BCUT2D eigenvalue weighted by Gasteiger charge is 2.11. The zero-order valence-electron chi connectivity index (χ0n) is 11.0. The maximum Gasteiger partial charge on any atom is 0.123 e. The summed E-state index contributed by atoms with van der Waals surface area (Å²) >= 11 is 0. The Morgan fingerprint density at radius 1 is 1.20 bits per heavy atom. The lowest BCUT2D eigenvalue weighted by molar-refractivity contribution is -0.387. The first-order valence-electron chi connectivity index (χ1n) is 6.05. The van der Waals surface area contributed by atoms with Crippen molar-refractivity contribution in [2.24, 2.45) is 0 Å². The van der Waals surface area contributed by atoms with Gasteiger partial charge in [-0.3, -0.25) is 0 Å². The zero-order chi connectivity index (χ0) is 14.8. The van der Waals surface area contributed by atoms with E-state index in [4.69, 9.17) is 0 Å². The first-order chi connectivity index (χ1) is 9.44. The quantitative estimate of drug-likeness (QED) is 0.939. The molecule has 20 heavy (non-hydrogen) atoms. The first kappa shape index (κ1) is 14.5. The van der Waals surface area contributed by atoms with E-state index in [0.29, 0.717) is 17.7 Å². The van der Waals surface area contributed by atoms with Gasteiger partial charge in [-0.25, -0.2) is 12.8 Å². The van der Waals surface area contributed by atoms with Crippen LogP contribution in [0.4, 0.5) is 10.1 Å². The van der Waals surface area contributed by atoms with Crippen LogP contribution in [0.5, 0.6) is 0 Å². The van der Waals surface area contributed by atoms with E-state index in [0.717, 1.165) is 0 Å². The van der Waals surface area contributed by atoms with Crippen molar-refractivity contribution in [3.05, 3.63) is 64.1 Å². The topological polar surface area (TPSA) is 75.9 Å². The molecule has 2 aromatic carbocycles. The molecule has 4 nitrogen and oxygen atoms in total. The van der Waals surface area contributed by atoms with E-state index in [9.17, 15) is 12.8 Å². The Bertz CT molecular complexity index is 730. The number of hydrogen-bond donors (Lipinski definition) is 1. The van der Waals surface area contributed by atoms with Crippen LogP contribution in [0.2, 0.25) is 0 Å². The molecule has 0 aliphatic carbocycles. The summed E-state index contributed by atoms with van der Waals surface area (Å²) in [6.45, 7) is 2.04. The Labute approximate surface area is 117 Å². The van der Waals surface area contributed by atoms with Gasteiger partial charge in [0.25, 0.3) is 0 Å². The van der Waals surface area contributed by atoms with Gasteiger partial charge in [0, 0.05) is 5.56 Å². The highest BCUT2D eigenvalue weighted by molar-refractivity contribution is 7.94. The molecule has 6 heteroatoms. The number of aryl methyl sites for hydroxylation is 1. The molecule has 2 rings (SSSR count). The Morgan fingerprint density at radius 3 is 2.55 bits per heavy atom. The van der Waals surface area contributed by atoms with E-state index in [1.807, 2.05) is 0 Å². The van der Waals surface area contributed by atoms with Gasteiger partial charge in [-0.2, -0.15) is 0 Å². The first-order valence-corrected chi connectivity index (χ1v) is 7.49. The van der Waals surface area contributed by atoms with E-state index >= 15 is 0 Å². The second-order valence-electron chi connectivity index (χ2n) is 4.38. The van der Waals surface area contributed by atoms with Crippen molar-refractivity contribution in [1.29, 1.82) is 0 Å². The fraction of sp³-hybridized carbons (Fsp3) is 0.143. The van der Waals surface area contributed by atoms with Gasteiger partial charge < -0.3 is 10.5 Å². The van der Waals surface area contributed by atoms with Crippen LogP contribution in [0.3, 0.4) is 0 Å². The zero-order valence-corrected chi connectivity index (χ0v) is 11.8. The second kappa shape index (κ2) is 5.60. The molecule has 0 saturated carbocycles. The number of rotatable bonds is 4. The van der Waals surface area contributed by atoms with Crippen LogP contribution in [0.25, 0.3) is 4.72 Å². The highest BCUT2D eigenvalue weighted by Crippen LogP contribution is 2.31. The second-order valence-corrected chi connectivity index (χ2v) is 5.95. The molecule has 0 atom stereocenters. The normalized spacial score (nSPS) is 11.3. The summed E-state index contributed by atoms with van der Waals surface area (Å²) in [7, 11) is -3.95. The summed E-state index contributed by atoms with van der Waals surface area (Å²) in [6.07, 6.45) is 0. The molecule has 0 heterocycles. The minimum atomic E-state index is -3.95. The van der Waals surface area contributed by atoms with Gasteiger partial charge in [0.1, 0.15) is 22.4 Å². The van der Waals surface area contributed by atoms with E-state index in [-0.39, 0.29) is 10.6 Å². The smallest absolute Gasteiger partial charge is 0.123 e. The van der Waals surface area contributed by atoms with Gasteiger partial charge in [-0.1, -0.05) is 36.0 Å². The van der Waals surface area contributed by atoms with Gasteiger partial charge in [-0.15, -0.1) is 0 Å². The predicted molar refractivity (Wildman–Crippen MR) is 74.4 cm³/mol. The van der Waals surface area contributed by atoms with Gasteiger partial charge in [0.05, 0.1) is 4.90 Å². The Hall–Kier alpha value is -1.92. The lowest BCUT2D eigenvalue weighted by atomic mass is 10.2. The lowest BCUT2D eigenvalue weighted by Gasteiger charge is -2.23. The molecular formula is C14H15FN2O2S. The van der Waals surface area contributed by atoms with E-state index in [2.05, 4.69) is 10.5 Å². The van der Waals surface area contributed by atoms with Crippen molar-refractivity contribution in [2.45, 2.75) is 18.4 Å². The van der Waals surface area contributed by atoms with E-state index in [1.54, 1.807) is 31.2 Å². The largest absolute Gasteiger partial charge is 0.570 e. The standard InChI is InChI=1S/C14H14FN2O2S/c1-10-6-7-13(12(15)8-10)17-20(18,19)14-5-3-2-4-11(14)9-16/h2-8H,9,16H2,1H3/q-1/p+1. The Kier molecular flexibility index (Phi) is 4.06. The maximum absolute atomic E-state index is 13.7. The summed E-state index contributed by atoms with van der Waals surface area (Å²) in [4.78, 5) is 0.0648. The fourth-order valence-electron chi connectivity index (χ4n) is 1.83. The number of sulfonamides is 1. The van der Waals surface area contributed by atoms with Crippen molar-refractivity contribution in [1.82, 2.24) is 0 Å². The van der Waals surface area contributed by atoms with Crippen molar-refractivity contribution >= 4 is 15.7 Å². The number of hydrogen-bond acceptors (Lipinski definition) is 2. The van der Waals surface area contributed by atoms with Crippen LogP contribution < -0.4 is 5.73 Å². The van der Waals surface area contributed by atoms with Crippen LogP contribution in [0.15, 0.2) is 47.4 Å². The predicted octanol–water partition coefficient (Wildman–Crippen LogP) is 2.27. The summed E-state index contributed by atoms with van der Waals surface area (Å²) in [5.74, 6) is -0.652. The van der Waals surface area contributed by atoms with Gasteiger partial charge in [-0.05, 0) is 24.6 Å². The third kappa shape index (κ3) is 2.97. The third-order valence-electron chi connectivity index (χ3n) is 2.84. The van der Waals surface area contributed by atoms with Crippen LogP contribution in [-0.4, -0.2) is 8.42 Å². The molecule has 2 aromatic rings. The average molecular weight is 294 g/mol. The van der Waals surface area contributed by atoms with Gasteiger partial charge in [0.2, 0.25) is 0 Å². The Balaban J connectivity index is 2.41. The monoisotopic (exact) mass is 294 g/mol. The number of benzene rings is 2. The summed E-state index contributed by atoms with van der Waals surface area (Å²) < 4.78 is 41.8. The highest BCUT2D eigenvalue weighted by atomic mass is 32.2. The molecule has 0 amide bonds. The van der Waals surface area contributed by atoms with Crippen LogP contribution in [0, 0.1) is 12.7 Å². The summed E-state index contributed by atoms with van der Waals surface area (Å²) in [5.41, 5.74) is 4.77. The molecule has 0 saturated heterocycles. The molecule has 0 aliphatic rings. The molecule has 0 spiro atoms.